The molecule has 0 amide bonds. The second kappa shape index (κ2) is 5.51. The van der Waals surface area contributed by atoms with Crippen molar-refractivity contribution in [3.63, 3.8) is 0 Å². The number of thiophene rings is 1. The van der Waals surface area contributed by atoms with E-state index in [0.717, 1.165) is 29.5 Å². The molecule has 5 nitrogen and oxygen atoms in total. The molecule has 2 aromatic rings. The third-order valence-corrected chi connectivity index (χ3v) is 5.70. The highest BCUT2D eigenvalue weighted by Crippen LogP contribution is 2.28. The Hall–Kier alpha value is -1.45. The van der Waals surface area contributed by atoms with Gasteiger partial charge in [-0.3, -0.25) is 4.72 Å². The molecular formula is C11H7BrFNO4S2. The predicted octanol–water partition coefficient (Wildman–Crippen LogP) is 3.15. The van der Waals surface area contributed by atoms with E-state index in [1.807, 2.05) is 0 Å². The molecule has 0 saturated carbocycles. The number of hydrogen-bond donors (Lipinski definition) is 2. The molecule has 0 atom stereocenters. The first kappa shape index (κ1) is 14.9. The number of aromatic carboxylic acids is 1. The van der Waals surface area contributed by atoms with Gasteiger partial charge in [0.25, 0.3) is 10.0 Å². The number of carbonyl (C=O) groups is 1. The highest BCUT2D eigenvalue weighted by Gasteiger charge is 2.19. The minimum absolute atomic E-state index is 0.0147. The Morgan fingerprint density at radius 1 is 1.30 bits per heavy atom. The van der Waals surface area contributed by atoms with E-state index in [1.54, 1.807) is 0 Å². The molecule has 0 aliphatic rings. The summed E-state index contributed by atoms with van der Waals surface area (Å²) in [7, 11) is -3.92. The highest BCUT2D eigenvalue weighted by atomic mass is 79.9. The number of halogens is 2. The van der Waals surface area contributed by atoms with Crippen molar-refractivity contribution in [2.24, 2.45) is 0 Å². The minimum atomic E-state index is -3.92. The monoisotopic (exact) mass is 379 g/mol. The molecule has 1 aromatic carbocycles. The van der Waals surface area contributed by atoms with Crippen LogP contribution >= 0.6 is 27.3 Å². The van der Waals surface area contributed by atoms with E-state index in [9.17, 15) is 17.6 Å². The Bertz CT molecular complexity index is 772. The SMILES string of the molecule is O=C(O)c1ccc(NS(=O)(=O)c2ccc(F)cc2Br)s1. The lowest BCUT2D eigenvalue weighted by Gasteiger charge is -2.07. The largest absolute Gasteiger partial charge is 0.477 e. The van der Waals surface area contributed by atoms with Crippen molar-refractivity contribution < 1.29 is 22.7 Å². The van der Waals surface area contributed by atoms with E-state index in [1.165, 1.54) is 12.1 Å². The van der Waals surface area contributed by atoms with Gasteiger partial charge < -0.3 is 5.11 Å². The van der Waals surface area contributed by atoms with Gasteiger partial charge in [-0.2, -0.15) is 0 Å². The maximum atomic E-state index is 12.9. The first-order valence-corrected chi connectivity index (χ1v) is 8.20. The minimum Gasteiger partial charge on any atom is -0.477 e. The van der Waals surface area contributed by atoms with Crippen LogP contribution in [0.3, 0.4) is 0 Å². The van der Waals surface area contributed by atoms with Gasteiger partial charge in [-0.15, -0.1) is 11.3 Å². The lowest BCUT2D eigenvalue weighted by Crippen LogP contribution is -2.12. The first-order valence-electron chi connectivity index (χ1n) is 5.10. The molecule has 9 heteroatoms. The fourth-order valence-corrected chi connectivity index (χ4v) is 4.48. The van der Waals surface area contributed by atoms with Crippen molar-refractivity contribution in [3.05, 3.63) is 45.5 Å². The van der Waals surface area contributed by atoms with Crippen LogP contribution in [0.5, 0.6) is 0 Å². The van der Waals surface area contributed by atoms with Crippen molar-refractivity contribution in [2.75, 3.05) is 4.72 Å². The number of sulfonamides is 1. The third-order valence-electron chi connectivity index (χ3n) is 2.24. The van der Waals surface area contributed by atoms with Gasteiger partial charge in [0, 0.05) is 4.47 Å². The van der Waals surface area contributed by atoms with Gasteiger partial charge in [0.2, 0.25) is 0 Å². The number of anilines is 1. The Morgan fingerprint density at radius 3 is 2.55 bits per heavy atom. The summed E-state index contributed by atoms with van der Waals surface area (Å²) in [5, 5.41) is 8.94. The van der Waals surface area contributed by atoms with Gasteiger partial charge in [0.1, 0.15) is 20.6 Å². The number of nitrogens with one attached hydrogen (secondary N) is 1. The van der Waals surface area contributed by atoms with Crippen LogP contribution in [0, 0.1) is 5.82 Å². The smallest absolute Gasteiger partial charge is 0.345 e. The molecule has 0 fully saturated rings. The second-order valence-corrected chi connectivity index (χ2v) is 7.24. The van der Waals surface area contributed by atoms with Crippen LogP contribution in [-0.4, -0.2) is 19.5 Å². The Kier molecular flexibility index (Phi) is 4.11. The van der Waals surface area contributed by atoms with Crippen LogP contribution < -0.4 is 4.72 Å². The Morgan fingerprint density at radius 2 is 2.00 bits per heavy atom. The van der Waals surface area contributed by atoms with Crippen LogP contribution in [-0.2, 0) is 10.0 Å². The fourth-order valence-electron chi connectivity index (χ4n) is 1.39. The van der Waals surface area contributed by atoms with Crippen molar-refractivity contribution in [1.29, 1.82) is 0 Å². The predicted molar refractivity (Wildman–Crippen MR) is 76.2 cm³/mol. The molecule has 0 spiro atoms. The van der Waals surface area contributed by atoms with Gasteiger partial charge in [-0.1, -0.05) is 0 Å². The van der Waals surface area contributed by atoms with Crippen LogP contribution in [0.15, 0.2) is 39.7 Å². The Balaban J connectivity index is 2.33. The Labute approximate surface area is 126 Å². The highest BCUT2D eigenvalue weighted by molar-refractivity contribution is 9.10. The zero-order valence-corrected chi connectivity index (χ0v) is 12.9. The molecule has 0 aliphatic heterocycles. The molecule has 2 N–H and O–H groups in total. The summed E-state index contributed by atoms with van der Waals surface area (Å²) in [5.74, 6) is -1.71. The first-order chi connectivity index (χ1) is 9.29. The fraction of sp³-hybridized carbons (Fsp3) is 0. The summed E-state index contributed by atoms with van der Waals surface area (Å²) in [6.07, 6.45) is 0. The van der Waals surface area contributed by atoms with E-state index >= 15 is 0 Å². The maximum absolute atomic E-state index is 12.9. The summed E-state index contributed by atoms with van der Waals surface area (Å²) < 4.78 is 39.5. The zero-order chi connectivity index (χ0) is 14.9. The summed E-state index contributed by atoms with van der Waals surface area (Å²) >= 11 is 3.77. The number of hydrogen-bond acceptors (Lipinski definition) is 4. The van der Waals surface area contributed by atoms with Gasteiger partial charge in [-0.05, 0) is 46.3 Å². The molecule has 106 valence electrons. The van der Waals surface area contributed by atoms with E-state index in [-0.39, 0.29) is 19.2 Å². The van der Waals surface area contributed by atoms with E-state index in [2.05, 4.69) is 20.7 Å². The topological polar surface area (TPSA) is 83.5 Å². The van der Waals surface area contributed by atoms with Crippen molar-refractivity contribution in [3.8, 4) is 0 Å². The summed E-state index contributed by atoms with van der Waals surface area (Å²) in [4.78, 5) is 10.6. The normalized spacial score (nSPS) is 11.3. The second-order valence-electron chi connectivity index (χ2n) is 3.65. The molecule has 0 bridgehead atoms. The van der Waals surface area contributed by atoms with Crippen molar-refractivity contribution in [1.82, 2.24) is 0 Å². The molecule has 20 heavy (non-hydrogen) atoms. The summed E-state index contributed by atoms with van der Waals surface area (Å²) in [6, 6.07) is 5.82. The molecular weight excluding hydrogens is 373 g/mol. The number of rotatable bonds is 4. The van der Waals surface area contributed by atoms with Gasteiger partial charge in [-0.25, -0.2) is 17.6 Å². The molecule has 1 aromatic heterocycles. The lowest BCUT2D eigenvalue weighted by atomic mass is 10.3. The van der Waals surface area contributed by atoms with Gasteiger partial charge in [0.15, 0.2) is 0 Å². The average molecular weight is 380 g/mol. The van der Waals surface area contributed by atoms with Crippen LogP contribution in [0.25, 0.3) is 0 Å². The third kappa shape index (κ3) is 3.17. The number of carboxylic acids is 1. The molecule has 2 rings (SSSR count). The molecule has 0 radical (unpaired) electrons. The van der Waals surface area contributed by atoms with Crippen LogP contribution in [0.4, 0.5) is 9.39 Å². The average Bonchev–Trinajstić information content (AvgIpc) is 2.76. The van der Waals surface area contributed by atoms with E-state index in [0.29, 0.717) is 0 Å². The van der Waals surface area contributed by atoms with E-state index in [4.69, 9.17) is 5.11 Å². The maximum Gasteiger partial charge on any atom is 0.345 e. The number of carboxylic acid groups (broad SMARTS) is 1. The quantitative estimate of drug-likeness (QED) is 0.854. The van der Waals surface area contributed by atoms with E-state index < -0.39 is 21.8 Å². The molecule has 0 saturated heterocycles. The summed E-state index contributed by atoms with van der Waals surface area (Å²) in [6.45, 7) is 0. The van der Waals surface area contributed by atoms with Crippen LogP contribution in [0.2, 0.25) is 0 Å². The van der Waals surface area contributed by atoms with Gasteiger partial charge >= 0.3 is 5.97 Å². The molecule has 0 unspecified atom stereocenters. The zero-order valence-electron chi connectivity index (χ0n) is 9.63. The van der Waals surface area contributed by atoms with Crippen molar-refractivity contribution >= 4 is 48.3 Å². The molecule has 1 heterocycles. The summed E-state index contributed by atoms with van der Waals surface area (Å²) in [5.41, 5.74) is 0. The molecule has 0 aliphatic carbocycles. The number of benzene rings is 1. The standard InChI is InChI=1S/C11H7BrFNO4S2/c12-7-5-6(13)1-3-9(7)20(17,18)14-10-4-2-8(19-10)11(15)16/h1-5,14H,(H,15,16). The lowest BCUT2D eigenvalue weighted by molar-refractivity contribution is 0.0702. The van der Waals surface area contributed by atoms with Crippen molar-refractivity contribution in [2.45, 2.75) is 4.90 Å². The van der Waals surface area contributed by atoms with Gasteiger partial charge in [0.05, 0.1) is 0 Å². The van der Waals surface area contributed by atoms with Crippen LogP contribution in [0.1, 0.15) is 9.67 Å².